The first-order valence-corrected chi connectivity index (χ1v) is 7.76. The molecule has 5 heteroatoms. The number of H-pyrrole nitrogens is 1. The Kier molecular flexibility index (Phi) is 4.33. The number of rotatable bonds is 4. The van der Waals surface area contributed by atoms with E-state index in [1.807, 2.05) is 62.4 Å². The predicted molar refractivity (Wildman–Crippen MR) is 94.5 cm³/mol. The Morgan fingerprint density at radius 1 is 1.04 bits per heavy atom. The molecule has 0 aliphatic rings. The van der Waals surface area contributed by atoms with Gasteiger partial charge in [0.15, 0.2) is 0 Å². The number of nitrogens with zero attached hydrogens (tertiary/aromatic N) is 1. The van der Waals surface area contributed by atoms with Crippen LogP contribution in [-0.2, 0) is 6.54 Å². The third-order valence-corrected chi connectivity index (χ3v) is 4.00. The number of carbonyl (C=O) groups excluding carboxylic acids is 1. The number of aryl methyl sites for hydroxylation is 2. The predicted octanol–water partition coefficient (Wildman–Crippen LogP) is 3.09. The number of para-hydroxylation sites is 1. The van der Waals surface area contributed by atoms with Crippen LogP contribution in [0.3, 0.4) is 0 Å². The fourth-order valence-corrected chi connectivity index (χ4v) is 2.70. The molecule has 0 unspecified atom stereocenters. The van der Waals surface area contributed by atoms with Gasteiger partial charge in [-0.1, -0.05) is 48.5 Å². The van der Waals surface area contributed by atoms with Gasteiger partial charge in [0, 0.05) is 11.9 Å². The number of aromatic amines is 1. The van der Waals surface area contributed by atoms with E-state index in [-0.39, 0.29) is 11.6 Å². The number of hydrogen-bond donors (Lipinski definition) is 2. The molecule has 24 heavy (non-hydrogen) atoms. The van der Waals surface area contributed by atoms with Crippen LogP contribution in [0.15, 0.2) is 59.5 Å². The van der Waals surface area contributed by atoms with E-state index in [0.717, 1.165) is 22.4 Å². The van der Waals surface area contributed by atoms with E-state index in [9.17, 15) is 9.59 Å². The van der Waals surface area contributed by atoms with Crippen LogP contribution in [0.1, 0.15) is 27.2 Å². The highest BCUT2D eigenvalue weighted by atomic mass is 16.2. The van der Waals surface area contributed by atoms with Crippen LogP contribution >= 0.6 is 0 Å². The largest absolute Gasteiger partial charge is 0.326 e. The van der Waals surface area contributed by atoms with Gasteiger partial charge in [-0.3, -0.25) is 9.36 Å². The van der Waals surface area contributed by atoms with Crippen molar-refractivity contribution in [2.45, 2.75) is 20.4 Å². The molecule has 1 amide bonds. The Morgan fingerprint density at radius 3 is 2.38 bits per heavy atom. The zero-order valence-electron chi connectivity index (χ0n) is 13.7. The summed E-state index contributed by atoms with van der Waals surface area (Å²) in [7, 11) is 0. The molecule has 0 spiro atoms. The standard InChI is InChI=1S/C19H19N3O2/c1-13-7-6-8-14(2)17(13)21-18(23)16-11-20-19(24)22(16)12-15-9-4-3-5-10-15/h3-11H,12H2,1-2H3,(H,20,24)(H,21,23). The molecule has 1 aromatic heterocycles. The number of nitrogens with one attached hydrogen (secondary N) is 2. The smallest absolute Gasteiger partial charge is 0.320 e. The maximum Gasteiger partial charge on any atom is 0.326 e. The van der Waals surface area contributed by atoms with Crippen LogP contribution in [0.25, 0.3) is 0 Å². The van der Waals surface area contributed by atoms with Crippen LogP contribution in [-0.4, -0.2) is 15.5 Å². The summed E-state index contributed by atoms with van der Waals surface area (Å²) >= 11 is 0. The van der Waals surface area contributed by atoms with Crippen molar-refractivity contribution in [2.75, 3.05) is 5.32 Å². The summed E-state index contributed by atoms with van der Waals surface area (Å²) in [5.74, 6) is -0.304. The minimum absolute atomic E-state index is 0.300. The van der Waals surface area contributed by atoms with Crippen molar-refractivity contribution in [3.05, 3.63) is 87.6 Å². The summed E-state index contributed by atoms with van der Waals surface area (Å²) in [6.07, 6.45) is 1.45. The molecule has 0 bridgehead atoms. The monoisotopic (exact) mass is 321 g/mol. The van der Waals surface area contributed by atoms with Crippen molar-refractivity contribution in [1.82, 2.24) is 9.55 Å². The van der Waals surface area contributed by atoms with E-state index in [1.54, 1.807) is 0 Å². The fourth-order valence-electron chi connectivity index (χ4n) is 2.70. The lowest BCUT2D eigenvalue weighted by molar-refractivity contribution is 0.101. The molecular formula is C19H19N3O2. The maximum atomic E-state index is 12.7. The summed E-state index contributed by atoms with van der Waals surface area (Å²) < 4.78 is 1.44. The third-order valence-electron chi connectivity index (χ3n) is 4.00. The number of amides is 1. The van der Waals surface area contributed by atoms with Crippen LogP contribution in [0.5, 0.6) is 0 Å². The van der Waals surface area contributed by atoms with Crippen LogP contribution in [0.2, 0.25) is 0 Å². The molecule has 0 aliphatic carbocycles. The highest BCUT2D eigenvalue weighted by Gasteiger charge is 2.16. The molecule has 0 saturated heterocycles. The van der Waals surface area contributed by atoms with Crippen LogP contribution in [0.4, 0.5) is 5.69 Å². The molecule has 2 N–H and O–H groups in total. The topological polar surface area (TPSA) is 66.9 Å². The zero-order valence-corrected chi connectivity index (χ0v) is 13.7. The molecule has 0 saturated carbocycles. The fraction of sp³-hybridized carbons (Fsp3) is 0.158. The molecule has 0 fully saturated rings. The molecule has 3 aromatic rings. The SMILES string of the molecule is Cc1cccc(C)c1NC(=O)c1c[nH]c(=O)n1Cc1ccccc1. The second kappa shape index (κ2) is 6.58. The van der Waals surface area contributed by atoms with E-state index in [0.29, 0.717) is 12.2 Å². The Hall–Kier alpha value is -3.08. The van der Waals surface area contributed by atoms with Crippen molar-refractivity contribution in [3.8, 4) is 0 Å². The lowest BCUT2D eigenvalue weighted by Crippen LogP contribution is -2.25. The highest BCUT2D eigenvalue weighted by Crippen LogP contribution is 2.20. The number of aromatic nitrogens is 2. The van der Waals surface area contributed by atoms with Gasteiger partial charge in [-0.05, 0) is 30.5 Å². The number of benzene rings is 2. The molecule has 0 radical (unpaired) electrons. The number of carbonyl (C=O) groups is 1. The number of anilines is 1. The van der Waals surface area contributed by atoms with E-state index in [1.165, 1.54) is 10.8 Å². The van der Waals surface area contributed by atoms with Crippen molar-refractivity contribution in [2.24, 2.45) is 0 Å². The van der Waals surface area contributed by atoms with Gasteiger partial charge in [-0.25, -0.2) is 4.79 Å². The Labute approximate surface area is 140 Å². The first-order chi connectivity index (χ1) is 11.6. The first-order valence-electron chi connectivity index (χ1n) is 7.76. The van der Waals surface area contributed by atoms with E-state index in [2.05, 4.69) is 10.3 Å². The van der Waals surface area contributed by atoms with Crippen molar-refractivity contribution in [3.63, 3.8) is 0 Å². The Bertz CT molecular complexity index is 903. The van der Waals surface area contributed by atoms with Gasteiger partial charge < -0.3 is 10.3 Å². The summed E-state index contributed by atoms with van der Waals surface area (Å²) in [6.45, 7) is 4.23. The molecule has 5 nitrogen and oxygen atoms in total. The molecule has 3 rings (SSSR count). The summed E-state index contributed by atoms with van der Waals surface area (Å²) in [5.41, 5.74) is 3.71. The number of imidazole rings is 1. The van der Waals surface area contributed by atoms with E-state index < -0.39 is 0 Å². The van der Waals surface area contributed by atoms with Gasteiger partial charge in [0.25, 0.3) is 5.91 Å². The average molecular weight is 321 g/mol. The molecular weight excluding hydrogens is 302 g/mol. The summed E-state index contributed by atoms with van der Waals surface area (Å²) in [4.78, 5) is 27.3. The first kappa shape index (κ1) is 15.8. The lowest BCUT2D eigenvalue weighted by atomic mass is 10.1. The molecule has 2 aromatic carbocycles. The van der Waals surface area contributed by atoms with Gasteiger partial charge in [0.2, 0.25) is 0 Å². The quantitative estimate of drug-likeness (QED) is 0.775. The minimum atomic E-state index is -0.304. The molecule has 0 aliphatic heterocycles. The Balaban J connectivity index is 1.90. The molecule has 0 atom stereocenters. The van der Waals surface area contributed by atoms with Gasteiger partial charge in [0.1, 0.15) is 5.69 Å². The zero-order chi connectivity index (χ0) is 17.1. The molecule has 122 valence electrons. The van der Waals surface area contributed by atoms with Crippen molar-refractivity contribution >= 4 is 11.6 Å². The normalized spacial score (nSPS) is 10.6. The van der Waals surface area contributed by atoms with Gasteiger partial charge in [-0.15, -0.1) is 0 Å². The van der Waals surface area contributed by atoms with Crippen molar-refractivity contribution < 1.29 is 4.79 Å². The summed E-state index contributed by atoms with van der Waals surface area (Å²) in [6, 6.07) is 15.4. The van der Waals surface area contributed by atoms with E-state index >= 15 is 0 Å². The van der Waals surface area contributed by atoms with E-state index in [4.69, 9.17) is 0 Å². The summed E-state index contributed by atoms with van der Waals surface area (Å²) in [5, 5.41) is 2.92. The van der Waals surface area contributed by atoms with Gasteiger partial charge in [0.05, 0.1) is 6.54 Å². The van der Waals surface area contributed by atoms with Crippen LogP contribution < -0.4 is 11.0 Å². The highest BCUT2D eigenvalue weighted by molar-refractivity contribution is 6.03. The minimum Gasteiger partial charge on any atom is -0.320 e. The second-order valence-electron chi connectivity index (χ2n) is 5.77. The van der Waals surface area contributed by atoms with Gasteiger partial charge in [-0.2, -0.15) is 0 Å². The van der Waals surface area contributed by atoms with Crippen LogP contribution in [0, 0.1) is 13.8 Å². The third kappa shape index (κ3) is 3.15. The average Bonchev–Trinajstić information content (AvgIpc) is 2.93. The second-order valence-corrected chi connectivity index (χ2v) is 5.77. The maximum absolute atomic E-state index is 12.7. The Morgan fingerprint density at radius 2 is 1.71 bits per heavy atom. The molecule has 1 heterocycles. The lowest BCUT2D eigenvalue weighted by Gasteiger charge is -2.12. The number of hydrogen-bond acceptors (Lipinski definition) is 2. The van der Waals surface area contributed by atoms with Crippen molar-refractivity contribution in [1.29, 1.82) is 0 Å². The van der Waals surface area contributed by atoms with Gasteiger partial charge >= 0.3 is 5.69 Å².